The largest absolute Gasteiger partial charge is 0.494 e. The summed E-state index contributed by atoms with van der Waals surface area (Å²) in [5, 5.41) is 3.12. The van der Waals surface area contributed by atoms with E-state index < -0.39 is 0 Å². The molecule has 0 saturated carbocycles. The maximum absolute atomic E-state index is 13.0. The summed E-state index contributed by atoms with van der Waals surface area (Å²) in [5.74, 6) is 0.325. The fraction of sp³-hybridized carbons (Fsp3) is 0.440. The van der Waals surface area contributed by atoms with Crippen molar-refractivity contribution in [1.29, 1.82) is 0 Å². The predicted octanol–water partition coefficient (Wildman–Crippen LogP) is 2.63. The van der Waals surface area contributed by atoms with Gasteiger partial charge in [0.05, 0.1) is 31.8 Å². The Kier molecular flexibility index (Phi) is 7.39. The third-order valence-corrected chi connectivity index (χ3v) is 6.10. The van der Waals surface area contributed by atoms with Crippen molar-refractivity contribution in [2.75, 3.05) is 50.9 Å². The van der Waals surface area contributed by atoms with Crippen LogP contribution in [0.15, 0.2) is 54.6 Å². The molecule has 2 aromatic rings. The van der Waals surface area contributed by atoms with E-state index in [4.69, 9.17) is 9.47 Å². The minimum Gasteiger partial charge on any atom is -0.494 e. The van der Waals surface area contributed by atoms with Crippen LogP contribution in [0.25, 0.3) is 0 Å². The van der Waals surface area contributed by atoms with Crippen LogP contribution in [-0.4, -0.2) is 62.7 Å². The molecular formula is C25H31N3O4. The summed E-state index contributed by atoms with van der Waals surface area (Å²) in [6, 6.07) is 17.8. The Morgan fingerprint density at radius 2 is 1.84 bits per heavy atom. The van der Waals surface area contributed by atoms with Crippen LogP contribution in [0.1, 0.15) is 24.9 Å². The molecule has 7 nitrogen and oxygen atoms in total. The quantitative estimate of drug-likeness (QED) is 0.688. The fourth-order valence-corrected chi connectivity index (χ4v) is 4.39. The van der Waals surface area contributed by atoms with Gasteiger partial charge in [-0.25, -0.2) is 0 Å². The van der Waals surface area contributed by atoms with Crippen molar-refractivity contribution < 1.29 is 19.1 Å². The number of nitrogens with zero attached hydrogens (tertiary/aromatic N) is 2. The molecular weight excluding hydrogens is 406 g/mol. The topological polar surface area (TPSA) is 71.1 Å². The van der Waals surface area contributed by atoms with Crippen molar-refractivity contribution in [2.45, 2.75) is 19.4 Å². The molecule has 2 heterocycles. The minimum atomic E-state index is -0.352. The van der Waals surface area contributed by atoms with Crippen LogP contribution in [-0.2, 0) is 14.3 Å². The molecule has 2 amide bonds. The lowest BCUT2D eigenvalue weighted by Gasteiger charge is -2.35. The Morgan fingerprint density at radius 3 is 2.53 bits per heavy atom. The van der Waals surface area contributed by atoms with E-state index >= 15 is 0 Å². The van der Waals surface area contributed by atoms with Gasteiger partial charge in [0.25, 0.3) is 0 Å². The first-order chi connectivity index (χ1) is 15.7. The van der Waals surface area contributed by atoms with E-state index in [9.17, 15) is 9.59 Å². The number of anilines is 1. The van der Waals surface area contributed by atoms with Crippen LogP contribution in [0.5, 0.6) is 5.75 Å². The number of ether oxygens (including phenoxy) is 2. The van der Waals surface area contributed by atoms with Crippen molar-refractivity contribution >= 4 is 17.5 Å². The standard InChI is InChI=1S/C25H31N3O4/c1-2-32-22-10-8-21(9-11-22)28-18-20(16-24(28)29)25(30)26-17-23(19-6-4-3-5-7-19)27-12-14-31-15-13-27/h3-11,20,23H,2,12-18H2,1H3,(H,26,30). The van der Waals surface area contributed by atoms with E-state index in [1.807, 2.05) is 49.4 Å². The minimum absolute atomic E-state index is 0.0258. The van der Waals surface area contributed by atoms with E-state index in [1.54, 1.807) is 4.90 Å². The first kappa shape index (κ1) is 22.3. The van der Waals surface area contributed by atoms with Gasteiger partial charge in [0.1, 0.15) is 5.75 Å². The molecule has 4 rings (SSSR count). The molecule has 2 saturated heterocycles. The molecule has 0 radical (unpaired) electrons. The number of carbonyl (C=O) groups is 2. The molecule has 0 bridgehead atoms. The van der Waals surface area contributed by atoms with Crippen LogP contribution in [0.2, 0.25) is 0 Å². The molecule has 0 spiro atoms. The highest BCUT2D eigenvalue weighted by Crippen LogP contribution is 2.27. The molecule has 2 fully saturated rings. The van der Waals surface area contributed by atoms with E-state index in [0.717, 1.165) is 24.5 Å². The van der Waals surface area contributed by atoms with Crippen molar-refractivity contribution in [3.05, 3.63) is 60.2 Å². The highest BCUT2D eigenvalue weighted by Gasteiger charge is 2.35. The Morgan fingerprint density at radius 1 is 1.12 bits per heavy atom. The van der Waals surface area contributed by atoms with Crippen molar-refractivity contribution in [3.63, 3.8) is 0 Å². The van der Waals surface area contributed by atoms with Gasteiger partial charge in [-0.05, 0) is 36.8 Å². The van der Waals surface area contributed by atoms with Gasteiger partial charge < -0.3 is 19.7 Å². The molecule has 7 heteroatoms. The third-order valence-electron chi connectivity index (χ3n) is 6.10. The SMILES string of the molecule is CCOc1ccc(N2CC(C(=O)NCC(c3ccccc3)N3CCOCC3)CC2=O)cc1. The maximum atomic E-state index is 13.0. The molecule has 2 unspecified atom stereocenters. The Balaban J connectivity index is 1.38. The van der Waals surface area contributed by atoms with Crippen molar-refractivity contribution in [3.8, 4) is 5.75 Å². The van der Waals surface area contributed by atoms with Gasteiger partial charge in [-0.1, -0.05) is 30.3 Å². The lowest BCUT2D eigenvalue weighted by Crippen LogP contribution is -2.45. The zero-order chi connectivity index (χ0) is 22.3. The highest BCUT2D eigenvalue weighted by molar-refractivity contribution is 6.00. The number of benzene rings is 2. The molecule has 2 atom stereocenters. The van der Waals surface area contributed by atoms with E-state index in [0.29, 0.717) is 32.9 Å². The summed E-state index contributed by atoms with van der Waals surface area (Å²) in [4.78, 5) is 29.6. The van der Waals surface area contributed by atoms with Gasteiger partial charge in [-0.3, -0.25) is 14.5 Å². The Labute approximate surface area is 189 Å². The van der Waals surface area contributed by atoms with Gasteiger partial charge in [0.15, 0.2) is 0 Å². The monoisotopic (exact) mass is 437 g/mol. The average molecular weight is 438 g/mol. The van der Waals surface area contributed by atoms with Gasteiger partial charge in [-0.15, -0.1) is 0 Å². The number of hydrogen-bond acceptors (Lipinski definition) is 5. The predicted molar refractivity (Wildman–Crippen MR) is 123 cm³/mol. The van der Waals surface area contributed by atoms with Gasteiger partial charge >= 0.3 is 0 Å². The number of hydrogen-bond donors (Lipinski definition) is 1. The van der Waals surface area contributed by atoms with Crippen LogP contribution in [0.3, 0.4) is 0 Å². The van der Waals surface area contributed by atoms with E-state index in [2.05, 4.69) is 22.3 Å². The van der Waals surface area contributed by atoms with Gasteiger partial charge in [0.2, 0.25) is 11.8 Å². The van der Waals surface area contributed by atoms with E-state index in [1.165, 1.54) is 5.56 Å². The number of amides is 2. The summed E-state index contributed by atoms with van der Waals surface area (Å²) >= 11 is 0. The lowest BCUT2D eigenvalue weighted by molar-refractivity contribution is -0.126. The van der Waals surface area contributed by atoms with E-state index in [-0.39, 0.29) is 30.2 Å². The second-order valence-electron chi connectivity index (χ2n) is 8.15. The molecule has 2 aliphatic heterocycles. The number of rotatable bonds is 8. The number of nitrogens with one attached hydrogen (secondary N) is 1. The summed E-state index contributed by atoms with van der Waals surface area (Å²) in [6.07, 6.45) is 0.229. The third kappa shape index (κ3) is 5.29. The number of morpholine rings is 1. The smallest absolute Gasteiger partial charge is 0.227 e. The van der Waals surface area contributed by atoms with Crippen molar-refractivity contribution in [2.24, 2.45) is 5.92 Å². The summed E-state index contributed by atoms with van der Waals surface area (Å²) in [5.41, 5.74) is 1.97. The Bertz CT molecular complexity index is 897. The first-order valence-electron chi connectivity index (χ1n) is 11.3. The Hall–Kier alpha value is -2.90. The van der Waals surface area contributed by atoms with Crippen LogP contribution < -0.4 is 15.0 Å². The van der Waals surface area contributed by atoms with Gasteiger partial charge in [-0.2, -0.15) is 0 Å². The molecule has 2 aliphatic rings. The molecule has 170 valence electrons. The normalized spacial score (nSPS) is 20.2. The molecule has 2 aromatic carbocycles. The molecule has 1 N–H and O–H groups in total. The zero-order valence-electron chi connectivity index (χ0n) is 18.5. The number of carbonyl (C=O) groups excluding carboxylic acids is 2. The molecule has 0 aromatic heterocycles. The van der Waals surface area contributed by atoms with Gasteiger partial charge in [0, 0.05) is 38.3 Å². The first-order valence-corrected chi connectivity index (χ1v) is 11.3. The summed E-state index contributed by atoms with van der Waals surface area (Å²) in [7, 11) is 0. The summed E-state index contributed by atoms with van der Waals surface area (Å²) < 4.78 is 11.0. The molecule has 32 heavy (non-hydrogen) atoms. The van der Waals surface area contributed by atoms with Crippen LogP contribution in [0.4, 0.5) is 5.69 Å². The average Bonchev–Trinajstić information content (AvgIpc) is 3.23. The van der Waals surface area contributed by atoms with Crippen molar-refractivity contribution in [1.82, 2.24) is 10.2 Å². The second kappa shape index (κ2) is 10.6. The lowest BCUT2D eigenvalue weighted by atomic mass is 10.0. The molecule has 0 aliphatic carbocycles. The maximum Gasteiger partial charge on any atom is 0.227 e. The van der Waals surface area contributed by atoms with Crippen LogP contribution >= 0.6 is 0 Å². The zero-order valence-corrected chi connectivity index (χ0v) is 18.5. The van der Waals surface area contributed by atoms with Crippen LogP contribution in [0, 0.1) is 5.92 Å². The highest BCUT2D eigenvalue weighted by atomic mass is 16.5. The fourth-order valence-electron chi connectivity index (χ4n) is 4.39. The second-order valence-corrected chi connectivity index (χ2v) is 8.15. The summed E-state index contributed by atoms with van der Waals surface area (Å²) in [6.45, 7) is 6.51.